The summed E-state index contributed by atoms with van der Waals surface area (Å²) in [6, 6.07) is 15.7. The van der Waals surface area contributed by atoms with Gasteiger partial charge in [0.05, 0.1) is 4.90 Å². The Hall–Kier alpha value is -2.18. The first-order chi connectivity index (χ1) is 11.5. The van der Waals surface area contributed by atoms with Crippen molar-refractivity contribution < 1.29 is 8.42 Å². The van der Waals surface area contributed by atoms with Crippen molar-refractivity contribution in [3.8, 4) is 0 Å². The van der Waals surface area contributed by atoms with Gasteiger partial charge < -0.3 is 9.97 Å². The molecule has 2 aromatic carbocycles. The molecule has 0 aliphatic heterocycles. The van der Waals surface area contributed by atoms with E-state index in [0.29, 0.717) is 4.90 Å². The van der Waals surface area contributed by atoms with E-state index in [0.717, 1.165) is 10.9 Å². The van der Waals surface area contributed by atoms with Crippen LogP contribution in [0.2, 0.25) is 0 Å². The summed E-state index contributed by atoms with van der Waals surface area (Å²) in [5, 5.41) is 2.07. The van der Waals surface area contributed by atoms with Crippen molar-refractivity contribution in [3.63, 3.8) is 0 Å². The number of rotatable bonds is 2. The van der Waals surface area contributed by atoms with Gasteiger partial charge in [0.1, 0.15) is 0 Å². The molecule has 4 rings (SSSR count). The van der Waals surface area contributed by atoms with Crippen LogP contribution in [0.4, 0.5) is 0 Å². The predicted molar refractivity (Wildman–Crippen MR) is 101 cm³/mol. The van der Waals surface area contributed by atoms with Crippen LogP contribution in [0.1, 0.15) is 0 Å². The number of hydrogen-bond acceptors (Lipinski definition) is 3. The zero-order valence-electron chi connectivity index (χ0n) is 13.4. The normalized spacial score (nSPS) is 11.4. The van der Waals surface area contributed by atoms with Gasteiger partial charge in [-0.05, 0) is 18.4 Å². The fourth-order valence-electron chi connectivity index (χ4n) is 2.57. The van der Waals surface area contributed by atoms with E-state index >= 15 is 0 Å². The third-order valence-electron chi connectivity index (χ3n) is 3.72. The van der Waals surface area contributed by atoms with Gasteiger partial charge in [0.15, 0.2) is 9.84 Å². The third-order valence-corrected chi connectivity index (χ3v) is 5.64. The van der Waals surface area contributed by atoms with E-state index in [1.54, 1.807) is 17.8 Å². The summed E-state index contributed by atoms with van der Waals surface area (Å²) in [4.78, 5) is 7.82. The first kappa shape index (κ1) is 16.7. The molecule has 0 spiro atoms. The minimum atomic E-state index is -3.12. The molecule has 0 unspecified atom stereocenters. The van der Waals surface area contributed by atoms with Crippen LogP contribution in [0.3, 0.4) is 0 Å². The smallest absolute Gasteiger partial charge is 0.177 e. The molecule has 2 aromatic heterocycles. The van der Waals surface area contributed by atoms with Crippen LogP contribution in [-0.2, 0) is 9.84 Å². The maximum Gasteiger partial charge on any atom is 0.177 e. The Balaban J connectivity index is 0.000000143. The number of thioether (sulfide) groups is 1. The topological polar surface area (TPSA) is 65.7 Å². The van der Waals surface area contributed by atoms with E-state index in [2.05, 4.69) is 40.6 Å². The molecule has 0 aliphatic rings. The van der Waals surface area contributed by atoms with Crippen LogP contribution in [0.5, 0.6) is 0 Å². The molecule has 24 heavy (non-hydrogen) atoms. The number of aromatic amines is 2. The molecule has 6 heteroatoms. The summed E-state index contributed by atoms with van der Waals surface area (Å²) < 4.78 is 22.6. The average Bonchev–Trinajstić information content (AvgIpc) is 3.19. The van der Waals surface area contributed by atoms with Gasteiger partial charge in [0, 0.05) is 45.4 Å². The van der Waals surface area contributed by atoms with Crippen molar-refractivity contribution in [3.05, 3.63) is 60.9 Å². The second-order valence-electron chi connectivity index (χ2n) is 5.37. The van der Waals surface area contributed by atoms with Gasteiger partial charge in [0.2, 0.25) is 0 Å². The molecule has 2 N–H and O–H groups in total. The Labute approximate surface area is 145 Å². The van der Waals surface area contributed by atoms with Crippen molar-refractivity contribution in [2.75, 3.05) is 12.5 Å². The first-order valence-corrected chi connectivity index (χ1v) is 10.5. The van der Waals surface area contributed by atoms with Crippen LogP contribution >= 0.6 is 11.8 Å². The molecule has 0 aliphatic carbocycles. The summed E-state index contributed by atoms with van der Waals surface area (Å²) in [5.74, 6) is 0. The zero-order valence-corrected chi connectivity index (χ0v) is 15.0. The largest absolute Gasteiger partial charge is 0.360 e. The Kier molecular flexibility index (Phi) is 4.69. The van der Waals surface area contributed by atoms with E-state index in [9.17, 15) is 8.42 Å². The highest BCUT2D eigenvalue weighted by Crippen LogP contribution is 2.25. The Morgan fingerprint density at radius 3 is 2.00 bits per heavy atom. The third kappa shape index (κ3) is 3.34. The fraction of sp³-hybridized carbons (Fsp3) is 0.111. The Morgan fingerprint density at radius 1 is 0.833 bits per heavy atom. The Morgan fingerprint density at radius 2 is 1.38 bits per heavy atom. The predicted octanol–water partition coefficient (Wildman–Crippen LogP) is 4.46. The van der Waals surface area contributed by atoms with Gasteiger partial charge in [-0.15, -0.1) is 11.8 Å². The van der Waals surface area contributed by atoms with E-state index < -0.39 is 9.84 Å². The summed E-state index contributed by atoms with van der Waals surface area (Å²) >= 11 is 1.77. The summed E-state index contributed by atoms with van der Waals surface area (Å²) in [5.41, 5.74) is 2.07. The van der Waals surface area contributed by atoms with Crippen molar-refractivity contribution >= 4 is 43.4 Å². The zero-order chi connectivity index (χ0) is 17.2. The fourth-order valence-corrected chi connectivity index (χ4v) is 3.99. The summed E-state index contributed by atoms with van der Waals surface area (Å²) in [7, 11) is -3.12. The Bertz CT molecular complexity index is 1080. The second-order valence-corrected chi connectivity index (χ2v) is 8.21. The lowest BCUT2D eigenvalue weighted by atomic mass is 10.2. The summed E-state index contributed by atoms with van der Waals surface area (Å²) in [6.45, 7) is 0. The number of fused-ring (bicyclic) bond motifs is 2. The molecule has 0 saturated heterocycles. The molecular weight excluding hydrogens is 340 g/mol. The minimum Gasteiger partial charge on any atom is -0.360 e. The van der Waals surface area contributed by atoms with Gasteiger partial charge in [-0.2, -0.15) is 0 Å². The van der Waals surface area contributed by atoms with Crippen LogP contribution < -0.4 is 0 Å². The maximum absolute atomic E-state index is 11.3. The quantitative estimate of drug-likeness (QED) is 0.520. The molecule has 0 saturated carbocycles. The van der Waals surface area contributed by atoms with Crippen molar-refractivity contribution in [2.45, 2.75) is 9.79 Å². The van der Waals surface area contributed by atoms with Gasteiger partial charge >= 0.3 is 0 Å². The molecule has 2 heterocycles. The highest BCUT2D eigenvalue weighted by Gasteiger charge is 2.12. The van der Waals surface area contributed by atoms with Crippen molar-refractivity contribution in [1.82, 2.24) is 9.97 Å². The number of benzene rings is 2. The summed E-state index contributed by atoms with van der Waals surface area (Å²) in [6.07, 6.45) is 6.88. The maximum atomic E-state index is 11.3. The molecule has 0 fully saturated rings. The number of hydrogen-bond donors (Lipinski definition) is 2. The van der Waals surface area contributed by atoms with Crippen LogP contribution in [0.25, 0.3) is 21.8 Å². The average molecular weight is 358 g/mol. The number of H-pyrrole nitrogens is 2. The lowest BCUT2D eigenvalue weighted by Gasteiger charge is -1.93. The lowest BCUT2D eigenvalue weighted by molar-refractivity contribution is 0.602. The molecular formula is C18H18N2O2S2. The highest BCUT2D eigenvalue weighted by atomic mass is 32.2. The van der Waals surface area contributed by atoms with Crippen LogP contribution in [0, 0.1) is 0 Å². The standard InChI is InChI=1S/C9H9NO2S.C9H9NS/c1-13(11,12)9-6-10-8-5-3-2-4-7(8)9;1-11-9-6-10-8-5-3-2-4-7(8)9/h2-6,10H,1H3;2-6,10H,1H3. The van der Waals surface area contributed by atoms with E-state index in [1.807, 2.05) is 24.3 Å². The molecule has 4 aromatic rings. The number of nitrogens with one attached hydrogen (secondary N) is 2. The highest BCUT2D eigenvalue weighted by molar-refractivity contribution is 7.98. The van der Waals surface area contributed by atoms with Gasteiger partial charge in [-0.25, -0.2) is 8.42 Å². The number of aromatic nitrogens is 2. The van der Waals surface area contributed by atoms with Crippen LogP contribution in [0.15, 0.2) is 70.7 Å². The van der Waals surface area contributed by atoms with E-state index in [1.165, 1.54) is 28.3 Å². The second kappa shape index (κ2) is 6.75. The molecule has 0 bridgehead atoms. The monoisotopic (exact) mass is 358 g/mol. The number of sulfone groups is 1. The SMILES string of the molecule is CS(=O)(=O)c1c[nH]c2ccccc12.CSc1c[nH]c2ccccc12. The number of para-hydroxylation sites is 2. The molecule has 0 amide bonds. The molecule has 124 valence electrons. The van der Waals surface area contributed by atoms with Gasteiger partial charge in [-0.3, -0.25) is 0 Å². The van der Waals surface area contributed by atoms with Gasteiger partial charge in [0.25, 0.3) is 0 Å². The minimum absolute atomic E-state index is 0.364. The molecule has 0 atom stereocenters. The van der Waals surface area contributed by atoms with Crippen LogP contribution in [-0.4, -0.2) is 30.9 Å². The lowest BCUT2D eigenvalue weighted by Crippen LogP contribution is -1.94. The van der Waals surface area contributed by atoms with E-state index in [-0.39, 0.29) is 0 Å². The molecule has 4 nitrogen and oxygen atoms in total. The van der Waals surface area contributed by atoms with Crippen molar-refractivity contribution in [2.24, 2.45) is 0 Å². The first-order valence-electron chi connectivity index (χ1n) is 7.37. The van der Waals surface area contributed by atoms with Crippen molar-refractivity contribution in [1.29, 1.82) is 0 Å². The van der Waals surface area contributed by atoms with E-state index in [4.69, 9.17) is 0 Å². The van der Waals surface area contributed by atoms with Gasteiger partial charge in [-0.1, -0.05) is 36.4 Å². The molecule has 0 radical (unpaired) electrons.